The molecule has 0 aliphatic carbocycles. The number of hydrogen-bond acceptors (Lipinski definition) is 5. The molecular formula is C19H20O5. The minimum atomic E-state index is -0.727. The van der Waals surface area contributed by atoms with E-state index in [0.29, 0.717) is 11.1 Å². The molecule has 0 heterocycles. The van der Waals surface area contributed by atoms with Crippen LogP contribution in [0.5, 0.6) is 0 Å². The van der Waals surface area contributed by atoms with Crippen molar-refractivity contribution in [3.8, 4) is 0 Å². The topological polar surface area (TPSA) is 72.8 Å². The van der Waals surface area contributed by atoms with E-state index in [2.05, 4.69) is 0 Å². The Bertz CT molecular complexity index is 654. The van der Waals surface area contributed by atoms with Gasteiger partial charge in [0.15, 0.2) is 0 Å². The van der Waals surface area contributed by atoms with Gasteiger partial charge in [0.25, 0.3) is 0 Å². The summed E-state index contributed by atoms with van der Waals surface area (Å²) in [4.78, 5) is 24.2. The van der Waals surface area contributed by atoms with E-state index in [0.717, 1.165) is 0 Å². The largest absolute Gasteiger partial charge is 0.455 e. The first-order chi connectivity index (χ1) is 11.6. The molecule has 2 rings (SSSR count). The van der Waals surface area contributed by atoms with Crippen molar-refractivity contribution in [2.24, 2.45) is 0 Å². The second-order valence-corrected chi connectivity index (χ2v) is 5.30. The summed E-state index contributed by atoms with van der Waals surface area (Å²) >= 11 is 0. The summed E-state index contributed by atoms with van der Waals surface area (Å²) in [6.07, 6.45) is -1.23. The Morgan fingerprint density at radius 2 is 1.33 bits per heavy atom. The van der Waals surface area contributed by atoms with Crippen molar-refractivity contribution in [1.82, 2.24) is 0 Å². The highest BCUT2D eigenvalue weighted by Gasteiger charge is 2.25. The molecule has 2 aromatic carbocycles. The van der Waals surface area contributed by atoms with E-state index < -0.39 is 24.1 Å². The van der Waals surface area contributed by atoms with Crippen molar-refractivity contribution >= 4 is 11.9 Å². The van der Waals surface area contributed by atoms with Crippen LogP contribution in [0.15, 0.2) is 60.7 Å². The van der Waals surface area contributed by atoms with Crippen LogP contribution in [0.1, 0.15) is 34.1 Å². The summed E-state index contributed by atoms with van der Waals surface area (Å²) in [6.45, 7) is 1.46. The summed E-state index contributed by atoms with van der Waals surface area (Å²) in [5, 5.41) is 9.19. The van der Waals surface area contributed by atoms with Gasteiger partial charge in [-0.25, -0.2) is 9.59 Å². The van der Waals surface area contributed by atoms with Gasteiger partial charge < -0.3 is 14.6 Å². The van der Waals surface area contributed by atoms with E-state index in [1.54, 1.807) is 67.6 Å². The molecule has 0 spiro atoms. The van der Waals surface area contributed by atoms with Crippen LogP contribution in [0, 0.1) is 0 Å². The van der Waals surface area contributed by atoms with Crippen molar-refractivity contribution in [1.29, 1.82) is 0 Å². The number of ether oxygens (including phenoxy) is 2. The second kappa shape index (κ2) is 8.84. The quantitative estimate of drug-likeness (QED) is 0.791. The fourth-order valence-corrected chi connectivity index (χ4v) is 2.18. The maximum atomic E-state index is 12.1. The third kappa shape index (κ3) is 4.93. The highest BCUT2D eigenvalue weighted by atomic mass is 16.6. The fourth-order valence-electron chi connectivity index (χ4n) is 2.18. The third-order valence-corrected chi connectivity index (χ3v) is 3.51. The van der Waals surface area contributed by atoms with Gasteiger partial charge in [0, 0.05) is 13.0 Å². The summed E-state index contributed by atoms with van der Waals surface area (Å²) in [5.41, 5.74) is 0.823. The van der Waals surface area contributed by atoms with Gasteiger partial charge in [-0.1, -0.05) is 36.4 Å². The van der Waals surface area contributed by atoms with Gasteiger partial charge in [0.1, 0.15) is 12.2 Å². The number of rotatable bonds is 7. The molecule has 2 atom stereocenters. The van der Waals surface area contributed by atoms with Crippen LogP contribution in [0.3, 0.4) is 0 Å². The summed E-state index contributed by atoms with van der Waals surface area (Å²) in [5.74, 6) is -1.02. The van der Waals surface area contributed by atoms with Crippen LogP contribution in [-0.4, -0.2) is 35.9 Å². The molecule has 0 saturated carbocycles. The zero-order chi connectivity index (χ0) is 17.4. The Kier molecular flexibility index (Phi) is 6.51. The Hall–Kier alpha value is -2.66. The zero-order valence-electron chi connectivity index (χ0n) is 13.4. The summed E-state index contributed by atoms with van der Waals surface area (Å²) in [7, 11) is 0. The Morgan fingerprint density at radius 1 is 0.875 bits per heavy atom. The van der Waals surface area contributed by atoms with Crippen molar-refractivity contribution in [3.63, 3.8) is 0 Å². The molecule has 0 bridgehead atoms. The highest BCUT2D eigenvalue weighted by molar-refractivity contribution is 5.90. The number of aliphatic hydroxyl groups excluding tert-OH is 1. The van der Waals surface area contributed by atoms with Gasteiger partial charge in [-0.15, -0.1) is 0 Å². The van der Waals surface area contributed by atoms with Gasteiger partial charge in [-0.05, 0) is 31.2 Å². The van der Waals surface area contributed by atoms with E-state index in [1.807, 2.05) is 0 Å². The average Bonchev–Trinajstić information content (AvgIpc) is 2.62. The number of benzene rings is 2. The molecule has 0 radical (unpaired) electrons. The fraction of sp³-hybridized carbons (Fsp3) is 0.263. The smallest absolute Gasteiger partial charge is 0.338 e. The molecule has 24 heavy (non-hydrogen) atoms. The molecule has 126 valence electrons. The summed E-state index contributed by atoms with van der Waals surface area (Å²) < 4.78 is 10.8. The lowest BCUT2D eigenvalue weighted by molar-refractivity contribution is -0.0365. The Balaban J connectivity index is 2.01. The van der Waals surface area contributed by atoms with Gasteiger partial charge in [0.2, 0.25) is 0 Å². The highest BCUT2D eigenvalue weighted by Crippen LogP contribution is 2.14. The van der Waals surface area contributed by atoms with Crippen molar-refractivity contribution in [3.05, 3.63) is 71.8 Å². The predicted molar refractivity (Wildman–Crippen MR) is 88.7 cm³/mol. The molecule has 5 nitrogen and oxygen atoms in total. The standard InChI is InChI=1S/C19H20O5/c1-14(23-18(21)15-8-4-2-5-9-15)17(12-13-20)24-19(22)16-10-6-3-7-11-16/h2-11,14,17,20H,12-13H2,1H3/t14-,17+/m1/s1. The van der Waals surface area contributed by atoms with Crippen LogP contribution in [0.2, 0.25) is 0 Å². The molecule has 0 fully saturated rings. The van der Waals surface area contributed by atoms with Crippen LogP contribution < -0.4 is 0 Å². The first-order valence-corrected chi connectivity index (χ1v) is 7.74. The number of esters is 2. The lowest BCUT2D eigenvalue weighted by Gasteiger charge is -2.23. The normalized spacial score (nSPS) is 12.9. The van der Waals surface area contributed by atoms with Gasteiger partial charge in [0.05, 0.1) is 11.1 Å². The monoisotopic (exact) mass is 328 g/mol. The minimum absolute atomic E-state index is 0.181. The van der Waals surface area contributed by atoms with Crippen molar-refractivity contribution in [2.45, 2.75) is 25.6 Å². The molecule has 2 aromatic rings. The summed E-state index contributed by atoms with van der Waals surface area (Å²) in [6, 6.07) is 17.1. The molecule has 0 saturated heterocycles. The van der Waals surface area contributed by atoms with Gasteiger partial charge in [-0.2, -0.15) is 0 Å². The van der Waals surface area contributed by atoms with E-state index in [-0.39, 0.29) is 13.0 Å². The lowest BCUT2D eigenvalue weighted by atomic mass is 10.1. The molecule has 0 aliphatic heterocycles. The lowest BCUT2D eigenvalue weighted by Crippen LogP contribution is -2.34. The van der Waals surface area contributed by atoms with Gasteiger partial charge in [-0.3, -0.25) is 0 Å². The van der Waals surface area contributed by atoms with Crippen LogP contribution in [0.25, 0.3) is 0 Å². The third-order valence-electron chi connectivity index (χ3n) is 3.51. The number of hydrogen-bond donors (Lipinski definition) is 1. The number of aliphatic hydroxyl groups is 1. The minimum Gasteiger partial charge on any atom is -0.455 e. The molecule has 0 amide bonds. The maximum absolute atomic E-state index is 12.1. The molecule has 0 aromatic heterocycles. The van der Waals surface area contributed by atoms with Crippen LogP contribution in [-0.2, 0) is 9.47 Å². The van der Waals surface area contributed by atoms with E-state index in [4.69, 9.17) is 9.47 Å². The molecule has 1 N–H and O–H groups in total. The van der Waals surface area contributed by atoms with E-state index >= 15 is 0 Å². The van der Waals surface area contributed by atoms with Crippen molar-refractivity contribution in [2.75, 3.05) is 6.61 Å². The van der Waals surface area contributed by atoms with E-state index in [1.165, 1.54) is 0 Å². The molecule has 0 unspecified atom stereocenters. The first-order valence-electron chi connectivity index (χ1n) is 7.74. The second-order valence-electron chi connectivity index (χ2n) is 5.30. The molecular weight excluding hydrogens is 308 g/mol. The van der Waals surface area contributed by atoms with E-state index in [9.17, 15) is 14.7 Å². The predicted octanol–water partition coefficient (Wildman–Crippen LogP) is 2.84. The Labute approximate surface area is 140 Å². The number of carbonyl (C=O) groups is 2. The van der Waals surface area contributed by atoms with Crippen molar-refractivity contribution < 1.29 is 24.2 Å². The van der Waals surface area contributed by atoms with Crippen LogP contribution in [0.4, 0.5) is 0 Å². The number of carbonyl (C=O) groups excluding carboxylic acids is 2. The van der Waals surface area contributed by atoms with Gasteiger partial charge >= 0.3 is 11.9 Å². The molecule has 0 aliphatic rings. The van der Waals surface area contributed by atoms with Crippen LogP contribution >= 0.6 is 0 Å². The average molecular weight is 328 g/mol. The SMILES string of the molecule is C[C@@H](OC(=O)c1ccccc1)[C@H](CCO)OC(=O)c1ccccc1. The zero-order valence-corrected chi connectivity index (χ0v) is 13.4. The first kappa shape index (κ1) is 17.7. The maximum Gasteiger partial charge on any atom is 0.338 e. The molecule has 5 heteroatoms. The Morgan fingerprint density at radius 3 is 1.79 bits per heavy atom.